The number of carbonyl (C=O) groups excluding carboxylic acids is 1. The number of hydrogen-bond donors (Lipinski definition) is 2. The quantitative estimate of drug-likeness (QED) is 0.699. The van der Waals surface area contributed by atoms with E-state index in [-0.39, 0.29) is 18.5 Å². The summed E-state index contributed by atoms with van der Waals surface area (Å²) in [4.78, 5) is 23.9. The second-order valence-electron chi connectivity index (χ2n) is 3.94. The number of carboxylic acid groups (broad SMARTS) is 1. The van der Waals surface area contributed by atoms with Crippen LogP contribution in [-0.4, -0.2) is 41.1 Å². The molecule has 0 heterocycles. The van der Waals surface area contributed by atoms with Gasteiger partial charge in [-0.15, -0.1) is 0 Å². The summed E-state index contributed by atoms with van der Waals surface area (Å²) in [6.07, 6.45) is 1.76. The summed E-state index contributed by atoms with van der Waals surface area (Å²) >= 11 is 0. The van der Waals surface area contributed by atoms with Gasteiger partial charge in [0.25, 0.3) is 0 Å². The molecule has 5 nitrogen and oxygen atoms in total. The summed E-state index contributed by atoms with van der Waals surface area (Å²) in [7, 11) is 0. The van der Waals surface area contributed by atoms with Gasteiger partial charge in [-0.3, -0.25) is 4.79 Å². The van der Waals surface area contributed by atoms with Gasteiger partial charge in [-0.1, -0.05) is 13.8 Å². The van der Waals surface area contributed by atoms with Crippen LogP contribution in [0.5, 0.6) is 0 Å². The minimum Gasteiger partial charge on any atom is -0.481 e. The summed E-state index contributed by atoms with van der Waals surface area (Å²) in [6.45, 7) is 7.13. The molecule has 94 valence electrons. The lowest BCUT2D eigenvalue weighted by Crippen LogP contribution is -2.45. The molecule has 2 amide bonds. The molecule has 0 spiro atoms. The van der Waals surface area contributed by atoms with Gasteiger partial charge < -0.3 is 15.3 Å². The first-order valence-corrected chi connectivity index (χ1v) is 5.78. The predicted molar refractivity (Wildman–Crippen MR) is 62.4 cm³/mol. The van der Waals surface area contributed by atoms with Crippen molar-refractivity contribution < 1.29 is 14.7 Å². The Morgan fingerprint density at radius 3 is 2.12 bits per heavy atom. The number of aliphatic carboxylic acids is 1. The number of carbonyl (C=O) groups is 2. The minimum atomic E-state index is -0.898. The van der Waals surface area contributed by atoms with Crippen LogP contribution in [0.2, 0.25) is 0 Å². The summed E-state index contributed by atoms with van der Waals surface area (Å²) in [5, 5.41) is 11.3. The van der Waals surface area contributed by atoms with E-state index in [2.05, 4.69) is 5.32 Å². The SMILES string of the molecule is CCCN(CCC)C(=O)NC(C)CC(=O)O. The fourth-order valence-electron chi connectivity index (χ4n) is 1.47. The van der Waals surface area contributed by atoms with Gasteiger partial charge in [0, 0.05) is 19.1 Å². The normalized spacial score (nSPS) is 11.9. The molecule has 0 aromatic rings. The molecule has 5 heteroatoms. The zero-order chi connectivity index (χ0) is 12.6. The molecular weight excluding hydrogens is 208 g/mol. The Balaban J connectivity index is 4.12. The minimum absolute atomic E-state index is 0.0438. The number of hydrogen-bond acceptors (Lipinski definition) is 2. The number of carboxylic acids is 1. The maximum absolute atomic E-state index is 11.7. The number of nitrogens with one attached hydrogen (secondary N) is 1. The lowest BCUT2D eigenvalue weighted by molar-refractivity contribution is -0.137. The van der Waals surface area contributed by atoms with Crippen molar-refractivity contribution in [2.45, 2.75) is 46.1 Å². The highest BCUT2D eigenvalue weighted by molar-refractivity contribution is 5.75. The van der Waals surface area contributed by atoms with E-state index in [1.165, 1.54) is 0 Å². The summed E-state index contributed by atoms with van der Waals surface area (Å²) in [6, 6.07) is -0.501. The third kappa shape index (κ3) is 6.27. The highest BCUT2D eigenvalue weighted by Gasteiger charge is 2.15. The van der Waals surface area contributed by atoms with Crippen LogP contribution in [-0.2, 0) is 4.79 Å². The van der Waals surface area contributed by atoms with E-state index in [1.54, 1.807) is 11.8 Å². The van der Waals surface area contributed by atoms with Crippen LogP contribution in [0.4, 0.5) is 4.79 Å². The maximum atomic E-state index is 11.7. The van der Waals surface area contributed by atoms with Gasteiger partial charge >= 0.3 is 12.0 Å². The second-order valence-corrected chi connectivity index (χ2v) is 3.94. The Kier molecular flexibility index (Phi) is 7.33. The van der Waals surface area contributed by atoms with Gasteiger partial charge in [-0.05, 0) is 19.8 Å². The first kappa shape index (κ1) is 14.7. The van der Waals surface area contributed by atoms with E-state index < -0.39 is 5.97 Å². The van der Waals surface area contributed by atoms with Gasteiger partial charge in [-0.2, -0.15) is 0 Å². The Hall–Kier alpha value is -1.26. The fraction of sp³-hybridized carbons (Fsp3) is 0.818. The number of rotatable bonds is 7. The average molecular weight is 230 g/mol. The molecule has 0 aliphatic rings. The first-order chi connectivity index (χ1) is 7.51. The van der Waals surface area contributed by atoms with Crippen LogP contribution in [0.25, 0.3) is 0 Å². The van der Waals surface area contributed by atoms with Gasteiger partial charge in [0.05, 0.1) is 6.42 Å². The third-order valence-corrected chi connectivity index (χ3v) is 2.12. The molecule has 0 aromatic heterocycles. The van der Waals surface area contributed by atoms with Gasteiger partial charge in [0.2, 0.25) is 0 Å². The van der Waals surface area contributed by atoms with E-state index in [1.807, 2.05) is 13.8 Å². The van der Waals surface area contributed by atoms with Crippen molar-refractivity contribution in [3.63, 3.8) is 0 Å². The predicted octanol–water partition coefficient (Wildman–Crippen LogP) is 1.68. The molecule has 0 rings (SSSR count). The highest BCUT2D eigenvalue weighted by Crippen LogP contribution is 1.98. The van der Waals surface area contributed by atoms with E-state index in [9.17, 15) is 9.59 Å². The molecule has 0 fully saturated rings. The molecule has 0 aromatic carbocycles. The lowest BCUT2D eigenvalue weighted by atomic mass is 10.2. The smallest absolute Gasteiger partial charge is 0.317 e. The van der Waals surface area contributed by atoms with Crippen LogP contribution < -0.4 is 5.32 Å². The first-order valence-electron chi connectivity index (χ1n) is 5.78. The van der Waals surface area contributed by atoms with Crippen molar-refractivity contribution in [2.75, 3.05) is 13.1 Å². The van der Waals surface area contributed by atoms with E-state index in [0.717, 1.165) is 12.8 Å². The fourth-order valence-corrected chi connectivity index (χ4v) is 1.47. The van der Waals surface area contributed by atoms with E-state index >= 15 is 0 Å². The summed E-state index contributed by atoms with van der Waals surface area (Å²) in [5.74, 6) is -0.898. The number of amides is 2. The molecule has 0 radical (unpaired) electrons. The molecular formula is C11H22N2O3. The molecule has 0 saturated heterocycles. The standard InChI is InChI=1S/C11H22N2O3/c1-4-6-13(7-5-2)11(16)12-9(3)8-10(14)15/h9H,4-8H2,1-3H3,(H,12,16)(H,14,15). The zero-order valence-electron chi connectivity index (χ0n) is 10.3. The Bertz CT molecular complexity index is 225. The van der Waals surface area contributed by atoms with Crippen molar-refractivity contribution in [1.29, 1.82) is 0 Å². The van der Waals surface area contributed by atoms with E-state index in [4.69, 9.17) is 5.11 Å². The van der Waals surface area contributed by atoms with Crippen molar-refractivity contribution in [3.05, 3.63) is 0 Å². The number of urea groups is 1. The Morgan fingerprint density at radius 2 is 1.75 bits per heavy atom. The van der Waals surface area contributed by atoms with Gasteiger partial charge in [0.1, 0.15) is 0 Å². The van der Waals surface area contributed by atoms with Crippen molar-refractivity contribution in [2.24, 2.45) is 0 Å². The molecule has 16 heavy (non-hydrogen) atoms. The largest absolute Gasteiger partial charge is 0.481 e. The highest BCUT2D eigenvalue weighted by atomic mass is 16.4. The van der Waals surface area contributed by atoms with Crippen LogP contribution in [0.3, 0.4) is 0 Å². The van der Waals surface area contributed by atoms with Crippen molar-refractivity contribution in [3.8, 4) is 0 Å². The average Bonchev–Trinajstić information content (AvgIpc) is 2.15. The monoisotopic (exact) mass is 230 g/mol. The Morgan fingerprint density at radius 1 is 1.25 bits per heavy atom. The van der Waals surface area contributed by atoms with Gasteiger partial charge in [-0.25, -0.2) is 4.79 Å². The maximum Gasteiger partial charge on any atom is 0.317 e. The molecule has 1 atom stereocenters. The molecule has 0 aliphatic carbocycles. The van der Waals surface area contributed by atoms with Crippen LogP contribution >= 0.6 is 0 Å². The van der Waals surface area contributed by atoms with Crippen molar-refractivity contribution >= 4 is 12.0 Å². The zero-order valence-corrected chi connectivity index (χ0v) is 10.3. The summed E-state index contributed by atoms with van der Waals surface area (Å²) < 4.78 is 0. The molecule has 0 bridgehead atoms. The van der Waals surface area contributed by atoms with E-state index in [0.29, 0.717) is 13.1 Å². The third-order valence-electron chi connectivity index (χ3n) is 2.12. The summed E-state index contributed by atoms with van der Waals surface area (Å²) in [5.41, 5.74) is 0. The Labute approximate surface area is 96.8 Å². The van der Waals surface area contributed by atoms with Crippen LogP contribution in [0.15, 0.2) is 0 Å². The van der Waals surface area contributed by atoms with Gasteiger partial charge in [0.15, 0.2) is 0 Å². The topological polar surface area (TPSA) is 69.6 Å². The molecule has 2 N–H and O–H groups in total. The molecule has 0 aliphatic heterocycles. The molecule has 0 saturated carbocycles. The van der Waals surface area contributed by atoms with Crippen molar-refractivity contribution in [1.82, 2.24) is 10.2 Å². The lowest BCUT2D eigenvalue weighted by Gasteiger charge is -2.23. The molecule has 1 unspecified atom stereocenters. The van der Waals surface area contributed by atoms with Crippen LogP contribution in [0, 0.1) is 0 Å². The number of nitrogens with zero attached hydrogens (tertiary/aromatic N) is 1. The van der Waals surface area contributed by atoms with Crippen LogP contribution in [0.1, 0.15) is 40.0 Å². The second kappa shape index (κ2) is 7.96.